The summed E-state index contributed by atoms with van der Waals surface area (Å²) in [6.07, 6.45) is 3.79. The zero-order chi connectivity index (χ0) is 11.5. The Morgan fingerprint density at radius 3 is 2.62 bits per heavy atom. The lowest BCUT2D eigenvalue weighted by atomic mass is 9.87. The van der Waals surface area contributed by atoms with Crippen LogP contribution in [0.5, 0.6) is 0 Å². The van der Waals surface area contributed by atoms with E-state index in [0.717, 1.165) is 10.9 Å². The van der Waals surface area contributed by atoms with Crippen LogP contribution in [0.15, 0.2) is 12.1 Å². The highest BCUT2D eigenvalue weighted by atomic mass is 35.5. The fourth-order valence-corrected chi connectivity index (χ4v) is 2.73. The van der Waals surface area contributed by atoms with Gasteiger partial charge in [0.2, 0.25) is 0 Å². The number of aryl methyl sites for hydroxylation is 1. The number of nitrogens with one attached hydrogen (secondary N) is 1. The van der Waals surface area contributed by atoms with Gasteiger partial charge in [-0.2, -0.15) is 0 Å². The Labute approximate surface area is 103 Å². The summed E-state index contributed by atoms with van der Waals surface area (Å²) in [6, 6.07) is 4.16. The van der Waals surface area contributed by atoms with Gasteiger partial charge < -0.3 is 5.32 Å². The molecule has 1 nitrogen and oxygen atoms in total. The van der Waals surface area contributed by atoms with Crippen LogP contribution >= 0.6 is 11.6 Å². The number of hydrogen-bond acceptors (Lipinski definition) is 1. The SMILES string of the molecule is Cc1ccc(Cl)c(C)c1CC1CCNCC1. The molecule has 0 unspecified atom stereocenters. The van der Waals surface area contributed by atoms with E-state index in [9.17, 15) is 0 Å². The van der Waals surface area contributed by atoms with Crippen molar-refractivity contribution in [2.45, 2.75) is 33.1 Å². The molecule has 1 fully saturated rings. The molecule has 0 aliphatic carbocycles. The molecular weight excluding hydrogens is 218 g/mol. The number of piperidine rings is 1. The summed E-state index contributed by atoms with van der Waals surface area (Å²) in [5.74, 6) is 0.831. The van der Waals surface area contributed by atoms with Gasteiger partial charge in [-0.15, -0.1) is 0 Å². The number of halogens is 1. The molecule has 2 rings (SSSR count). The van der Waals surface area contributed by atoms with Gasteiger partial charge in [-0.1, -0.05) is 17.7 Å². The smallest absolute Gasteiger partial charge is 0.0438 e. The third-order valence-corrected chi connectivity index (χ3v) is 4.13. The van der Waals surface area contributed by atoms with Crippen LogP contribution in [0.1, 0.15) is 29.5 Å². The lowest BCUT2D eigenvalue weighted by molar-refractivity contribution is 0.372. The summed E-state index contributed by atoms with van der Waals surface area (Å²) < 4.78 is 0. The lowest BCUT2D eigenvalue weighted by Crippen LogP contribution is -2.28. The van der Waals surface area contributed by atoms with Crippen LogP contribution in [0.2, 0.25) is 5.02 Å². The molecule has 0 saturated carbocycles. The highest BCUT2D eigenvalue weighted by Gasteiger charge is 2.16. The molecule has 0 atom stereocenters. The molecule has 1 N–H and O–H groups in total. The van der Waals surface area contributed by atoms with E-state index in [1.165, 1.54) is 49.0 Å². The fraction of sp³-hybridized carbons (Fsp3) is 0.571. The van der Waals surface area contributed by atoms with Crippen LogP contribution in [0, 0.1) is 19.8 Å². The first-order valence-corrected chi connectivity index (χ1v) is 6.51. The Balaban J connectivity index is 2.16. The minimum atomic E-state index is 0.831. The second-order valence-electron chi connectivity index (χ2n) is 4.87. The topological polar surface area (TPSA) is 12.0 Å². The molecule has 1 aliphatic heterocycles. The zero-order valence-electron chi connectivity index (χ0n) is 10.1. The summed E-state index contributed by atoms with van der Waals surface area (Å²) in [6.45, 7) is 6.68. The quantitative estimate of drug-likeness (QED) is 0.830. The molecule has 1 aromatic carbocycles. The van der Waals surface area contributed by atoms with Crippen LogP contribution < -0.4 is 5.32 Å². The van der Waals surface area contributed by atoms with Gasteiger partial charge >= 0.3 is 0 Å². The van der Waals surface area contributed by atoms with Crippen molar-refractivity contribution in [2.24, 2.45) is 5.92 Å². The van der Waals surface area contributed by atoms with Crippen molar-refractivity contribution in [2.75, 3.05) is 13.1 Å². The molecule has 0 bridgehead atoms. The van der Waals surface area contributed by atoms with Crippen molar-refractivity contribution in [3.63, 3.8) is 0 Å². The Kier molecular flexibility index (Phi) is 3.88. The van der Waals surface area contributed by atoms with E-state index < -0.39 is 0 Å². The van der Waals surface area contributed by atoms with Gasteiger partial charge in [0, 0.05) is 5.02 Å². The standard InChI is InChI=1S/C14H20ClN/c1-10-3-4-14(15)11(2)13(10)9-12-5-7-16-8-6-12/h3-4,12,16H,5-9H2,1-2H3. The summed E-state index contributed by atoms with van der Waals surface area (Å²) in [4.78, 5) is 0. The predicted octanol–water partition coefficient (Wildman–Crippen LogP) is 3.50. The summed E-state index contributed by atoms with van der Waals surface area (Å²) in [7, 11) is 0. The maximum atomic E-state index is 6.19. The second-order valence-corrected chi connectivity index (χ2v) is 5.27. The van der Waals surface area contributed by atoms with Gasteiger partial charge in [0.15, 0.2) is 0 Å². The Hall–Kier alpha value is -0.530. The number of rotatable bonds is 2. The van der Waals surface area contributed by atoms with E-state index >= 15 is 0 Å². The van der Waals surface area contributed by atoms with Crippen molar-refractivity contribution in [3.8, 4) is 0 Å². The van der Waals surface area contributed by atoms with Crippen LogP contribution in [0.25, 0.3) is 0 Å². The summed E-state index contributed by atoms with van der Waals surface area (Å²) in [5.41, 5.74) is 4.14. The molecule has 0 radical (unpaired) electrons. The maximum Gasteiger partial charge on any atom is 0.0438 e. The third kappa shape index (κ3) is 2.58. The monoisotopic (exact) mass is 237 g/mol. The minimum Gasteiger partial charge on any atom is -0.317 e. The van der Waals surface area contributed by atoms with E-state index in [0.29, 0.717) is 0 Å². The van der Waals surface area contributed by atoms with E-state index in [-0.39, 0.29) is 0 Å². The Bertz CT molecular complexity index is 367. The van der Waals surface area contributed by atoms with Gasteiger partial charge in [0.1, 0.15) is 0 Å². The van der Waals surface area contributed by atoms with Crippen LogP contribution in [-0.2, 0) is 6.42 Å². The predicted molar refractivity (Wildman–Crippen MR) is 70.2 cm³/mol. The Morgan fingerprint density at radius 2 is 1.94 bits per heavy atom. The van der Waals surface area contributed by atoms with Gasteiger partial charge in [0.05, 0.1) is 0 Å². The summed E-state index contributed by atoms with van der Waals surface area (Å²) >= 11 is 6.19. The van der Waals surface area contributed by atoms with Gasteiger partial charge in [0.25, 0.3) is 0 Å². The molecule has 88 valence electrons. The first kappa shape index (κ1) is 11.9. The lowest BCUT2D eigenvalue weighted by Gasteiger charge is -2.24. The van der Waals surface area contributed by atoms with Crippen molar-refractivity contribution < 1.29 is 0 Å². The minimum absolute atomic E-state index is 0.831. The summed E-state index contributed by atoms with van der Waals surface area (Å²) in [5, 5.41) is 4.33. The fourth-order valence-electron chi connectivity index (χ4n) is 2.55. The van der Waals surface area contributed by atoms with Crippen LogP contribution in [0.4, 0.5) is 0 Å². The zero-order valence-corrected chi connectivity index (χ0v) is 10.9. The molecule has 0 aromatic heterocycles. The first-order valence-electron chi connectivity index (χ1n) is 6.14. The van der Waals surface area contributed by atoms with Crippen molar-refractivity contribution in [1.82, 2.24) is 5.32 Å². The van der Waals surface area contributed by atoms with Crippen LogP contribution in [0.3, 0.4) is 0 Å². The van der Waals surface area contributed by atoms with Crippen molar-refractivity contribution in [3.05, 3.63) is 33.8 Å². The first-order chi connectivity index (χ1) is 7.68. The van der Waals surface area contributed by atoms with E-state index in [2.05, 4.69) is 25.2 Å². The van der Waals surface area contributed by atoms with E-state index in [1.54, 1.807) is 0 Å². The van der Waals surface area contributed by atoms with E-state index in [1.807, 2.05) is 6.07 Å². The van der Waals surface area contributed by atoms with Gasteiger partial charge in [-0.25, -0.2) is 0 Å². The molecule has 0 amide bonds. The molecule has 2 heteroatoms. The Morgan fingerprint density at radius 1 is 1.25 bits per heavy atom. The average Bonchev–Trinajstić information content (AvgIpc) is 2.31. The van der Waals surface area contributed by atoms with Gasteiger partial charge in [-0.05, 0) is 74.9 Å². The maximum absolute atomic E-state index is 6.19. The highest BCUT2D eigenvalue weighted by Crippen LogP contribution is 2.27. The normalized spacial score (nSPS) is 17.7. The molecule has 1 aliphatic rings. The molecule has 16 heavy (non-hydrogen) atoms. The average molecular weight is 238 g/mol. The molecular formula is C14H20ClN. The molecule has 1 saturated heterocycles. The number of hydrogen-bond donors (Lipinski definition) is 1. The van der Waals surface area contributed by atoms with Gasteiger partial charge in [-0.3, -0.25) is 0 Å². The third-order valence-electron chi connectivity index (χ3n) is 3.72. The molecule has 0 spiro atoms. The highest BCUT2D eigenvalue weighted by molar-refractivity contribution is 6.31. The number of benzene rings is 1. The second kappa shape index (κ2) is 5.20. The van der Waals surface area contributed by atoms with Crippen molar-refractivity contribution in [1.29, 1.82) is 0 Å². The van der Waals surface area contributed by atoms with Crippen LogP contribution in [-0.4, -0.2) is 13.1 Å². The molecule has 1 heterocycles. The van der Waals surface area contributed by atoms with E-state index in [4.69, 9.17) is 11.6 Å². The molecule has 1 aromatic rings. The van der Waals surface area contributed by atoms with Crippen molar-refractivity contribution >= 4 is 11.6 Å². The largest absolute Gasteiger partial charge is 0.317 e.